The van der Waals surface area contributed by atoms with E-state index < -0.39 is 0 Å². The van der Waals surface area contributed by atoms with Crippen LogP contribution in [-0.4, -0.2) is 71.5 Å². The second-order valence-corrected chi connectivity index (χ2v) is 9.11. The summed E-state index contributed by atoms with van der Waals surface area (Å²) in [6.07, 6.45) is 7.21. The number of nitrogens with zero attached hydrogens (tertiary/aromatic N) is 2. The predicted octanol–water partition coefficient (Wildman–Crippen LogP) is 1.11. The number of carbonyl (C=O) groups excluding carboxylic acids is 2. The van der Waals surface area contributed by atoms with Crippen molar-refractivity contribution in [3.05, 3.63) is 0 Å². The van der Waals surface area contributed by atoms with Gasteiger partial charge in [0.25, 0.3) is 0 Å². The highest BCUT2D eigenvalue weighted by Crippen LogP contribution is 2.31. The zero-order valence-electron chi connectivity index (χ0n) is 16.0. The number of hydrogen-bond acceptors (Lipinski definition) is 4. The van der Waals surface area contributed by atoms with Gasteiger partial charge < -0.3 is 10.6 Å². The lowest BCUT2D eigenvalue weighted by molar-refractivity contribution is -0.136. The van der Waals surface area contributed by atoms with Gasteiger partial charge in [-0.15, -0.1) is 0 Å². The molecule has 1 aliphatic carbocycles. The monoisotopic (exact) mass is 350 g/mol. The van der Waals surface area contributed by atoms with E-state index in [9.17, 15) is 9.59 Å². The highest BCUT2D eigenvalue weighted by molar-refractivity contribution is 5.79. The first-order chi connectivity index (χ1) is 11.8. The van der Waals surface area contributed by atoms with E-state index >= 15 is 0 Å². The Morgan fingerprint density at radius 2 is 1.60 bits per heavy atom. The van der Waals surface area contributed by atoms with Gasteiger partial charge >= 0.3 is 0 Å². The standard InChI is InChI=1S/C19H34N4O2/c1-19(2,3)21-18(25)13-23-15-9-16(23)11-22(10-15)12-17(24)20-14-7-5-4-6-8-14/h14-16H,4-13H2,1-3H3,(H,20,24)(H,21,25). The normalized spacial score (nSPS) is 28.3. The lowest BCUT2D eigenvalue weighted by atomic mass is 9.87. The molecular formula is C19H34N4O2. The minimum absolute atomic E-state index is 0.102. The summed E-state index contributed by atoms with van der Waals surface area (Å²) in [6.45, 7) is 8.81. The number of hydrogen-bond donors (Lipinski definition) is 2. The van der Waals surface area contributed by atoms with Crippen molar-refractivity contribution in [1.29, 1.82) is 0 Å². The van der Waals surface area contributed by atoms with Crippen LogP contribution in [0.15, 0.2) is 0 Å². The van der Waals surface area contributed by atoms with Crippen molar-refractivity contribution in [3.8, 4) is 0 Å². The SMILES string of the molecule is CC(C)(C)NC(=O)CN1C2CC1CN(CC(=O)NC1CCCCC1)C2. The van der Waals surface area contributed by atoms with Crippen LogP contribution >= 0.6 is 0 Å². The van der Waals surface area contributed by atoms with E-state index in [1.165, 1.54) is 19.3 Å². The number of rotatable bonds is 5. The zero-order chi connectivity index (χ0) is 18.0. The Balaban J connectivity index is 1.39. The lowest BCUT2D eigenvalue weighted by Gasteiger charge is -2.56. The molecule has 3 aliphatic heterocycles. The highest BCUT2D eigenvalue weighted by Gasteiger charge is 2.45. The number of nitrogens with one attached hydrogen (secondary N) is 2. The molecule has 0 spiro atoms. The van der Waals surface area contributed by atoms with Crippen molar-refractivity contribution in [3.63, 3.8) is 0 Å². The molecule has 3 saturated heterocycles. The molecule has 4 rings (SSSR count). The van der Waals surface area contributed by atoms with Crippen LogP contribution in [0, 0.1) is 0 Å². The predicted molar refractivity (Wildman–Crippen MR) is 98.3 cm³/mol. The molecule has 3 heterocycles. The van der Waals surface area contributed by atoms with E-state index in [2.05, 4.69) is 20.4 Å². The number of piperidine rings is 1. The summed E-state index contributed by atoms with van der Waals surface area (Å²) in [5, 5.41) is 6.24. The van der Waals surface area contributed by atoms with Crippen LogP contribution in [0.4, 0.5) is 0 Å². The van der Waals surface area contributed by atoms with Crippen molar-refractivity contribution < 1.29 is 9.59 Å². The average Bonchev–Trinajstić information content (AvgIpc) is 2.52. The molecule has 0 aromatic heterocycles. The Hall–Kier alpha value is -1.14. The second kappa shape index (κ2) is 7.62. The Kier molecular flexibility index (Phi) is 5.68. The molecule has 0 aromatic rings. The number of piperazine rings is 1. The van der Waals surface area contributed by atoms with Gasteiger partial charge in [0.05, 0.1) is 13.1 Å². The summed E-state index contributed by atoms with van der Waals surface area (Å²) in [4.78, 5) is 29.0. The molecule has 2 N–H and O–H groups in total. The van der Waals surface area contributed by atoms with E-state index in [4.69, 9.17) is 0 Å². The van der Waals surface area contributed by atoms with Gasteiger partial charge in [0, 0.05) is 36.8 Å². The van der Waals surface area contributed by atoms with Crippen LogP contribution in [0.25, 0.3) is 0 Å². The Labute approximate surface area is 151 Å². The van der Waals surface area contributed by atoms with Gasteiger partial charge in [-0.1, -0.05) is 19.3 Å². The van der Waals surface area contributed by atoms with Crippen LogP contribution in [0.2, 0.25) is 0 Å². The summed E-state index contributed by atoms with van der Waals surface area (Å²) in [5.74, 6) is 0.274. The van der Waals surface area contributed by atoms with Gasteiger partial charge in [0.1, 0.15) is 0 Å². The first-order valence-electron chi connectivity index (χ1n) is 9.88. The molecule has 6 heteroatoms. The van der Waals surface area contributed by atoms with Gasteiger partial charge in [-0.25, -0.2) is 0 Å². The minimum Gasteiger partial charge on any atom is -0.352 e. The smallest absolute Gasteiger partial charge is 0.234 e. The van der Waals surface area contributed by atoms with Crippen LogP contribution < -0.4 is 10.6 Å². The fourth-order valence-electron chi connectivity index (χ4n) is 4.51. The zero-order valence-corrected chi connectivity index (χ0v) is 16.0. The van der Waals surface area contributed by atoms with E-state index in [0.29, 0.717) is 31.2 Å². The first-order valence-corrected chi connectivity index (χ1v) is 9.88. The third-order valence-electron chi connectivity index (χ3n) is 5.60. The van der Waals surface area contributed by atoms with Crippen molar-refractivity contribution in [1.82, 2.24) is 20.4 Å². The molecule has 0 aromatic carbocycles. The summed E-state index contributed by atoms with van der Waals surface area (Å²) in [7, 11) is 0. The van der Waals surface area contributed by atoms with E-state index in [-0.39, 0.29) is 17.4 Å². The van der Waals surface area contributed by atoms with E-state index in [1.807, 2.05) is 20.8 Å². The van der Waals surface area contributed by atoms with Gasteiger partial charge in [0.2, 0.25) is 11.8 Å². The number of carbonyl (C=O) groups is 2. The van der Waals surface area contributed by atoms with E-state index in [1.54, 1.807) is 0 Å². The van der Waals surface area contributed by atoms with Crippen LogP contribution in [-0.2, 0) is 9.59 Å². The number of fused-ring (bicyclic) bond motifs is 2. The van der Waals surface area contributed by atoms with Crippen molar-refractivity contribution in [2.75, 3.05) is 26.2 Å². The van der Waals surface area contributed by atoms with Crippen molar-refractivity contribution in [2.45, 2.75) is 83.0 Å². The molecule has 6 nitrogen and oxygen atoms in total. The maximum absolute atomic E-state index is 12.3. The van der Waals surface area contributed by atoms with Gasteiger partial charge in [-0.2, -0.15) is 0 Å². The second-order valence-electron chi connectivity index (χ2n) is 9.11. The molecule has 2 amide bonds. The Bertz CT molecular complexity index is 484. The fraction of sp³-hybridized carbons (Fsp3) is 0.895. The molecule has 2 atom stereocenters. The highest BCUT2D eigenvalue weighted by atomic mass is 16.2. The molecule has 2 bridgehead atoms. The number of amides is 2. The van der Waals surface area contributed by atoms with Gasteiger partial charge in [0.15, 0.2) is 0 Å². The quantitative estimate of drug-likeness (QED) is 0.780. The third-order valence-corrected chi connectivity index (χ3v) is 5.60. The molecule has 2 unspecified atom stereocenters. The van der Waals surface area contributed by atoms with E-state index in [0.717, 1.165) is 32.4 Å². The average molecular weight is 351 g/mol. The maximum atomic E-state index is 12.3. The first kappa shape index (κ1) is 18.6. The Morgan fingerprint density at radius 3 is 2.20 bits per heavy atom. The minimum atomic E-state index is -0.180. The fourth-order valence-corrected chi connectivity index (χ4v) is 4.51. The molecule has 0 radical (unpaired) electrons. The molecule has 1 saturated carbocycles. The summed E-state index contributed by atoms with van der Waals surface area (Å²) >= 11 is 0. The largest absolute Gasteiger partial charge is 0.352 e. The van der Waals surface area contributed by atoms with Crippen molar-refractivity contribution in [2.24, 2.45) is 0 Å². The summed E-state index contributed by atoms with van der Waals surface area (Å²) < 4.78 is 0. The van der Waals surface area contributed by atoms with Crippen molar-refractivity contribution >= 4 is 11.8 Å². The lowest BCUT2D eigenvalue weighted by Crippen LogP contribution is -2.70. The van der Waals surface area contributed by atoms with Crippen LogP contribution in [0.3, 0.4) is 0 Å². The van der Waals surface area contributed by atoms with Gasteiger partial charge in [-0.05, 0) is 40.0 Å². The summed E-state index contributed by atoms with van der Waals surface area (Å²) in [6, 6.07) is 1.23. The summed E-state index contributed by atoms with van der Waals surface area (Å²) in [5.41, 5.74) is -0.180. The molecule has 142 valence electrons. The topological polar surface area (TPSA) is 64.7 Å². The molecule has 4 aliphatic rings. The molecule has 4 fully saturated rings. The third kappa shape index (κ3) is 5.17. The maximum Gasteiger partial charge on any atom is 0.234 e. The van der Waals surface area contributed by atoms with Crippen LogP contribution in [0.1, 0.15) is 59.3 Å². The van der Waals surface area contributed by atoms with Gasteiger partial charge in [-0.3, -0.25) is 19.4 Å². The Morgan fingerprint density at radius 1 is 0.960 bits per heavy atom. The molecular weight excluding hydrogens is 316 g/mol. The molecule has 25 heavy (non-hydrogen) atoms. The van der Waals surface area contributed by atoms with Crippen LogP contribution in [0.5, 0.6) is 0 Å².